The summed E-state index contributed by atoms with van der Waals surface area (Å²) in [6, 6.07) is 24.7. The van der Waals surface area contributed by atoms with E-state index in [4.69, 9.17) is 27.9 Å². The SMILES string of the molecule is COc1ccc(C)cc1N(CC(=O)N(Cc1c(Cl)cccc1Cl)[C@@H](Cc1ccccc1)C(=O)NC(C)(C)C)S(=O)(=O)c1ccc(C)cc1. The van der Waals surface area contributed by atoms with Gasteiger partial charge >= 0.3 is 0 Å². The summed E-state index contributed by atoms with van der Waals surface area (Å²) >= 11 is 13.2. The van der Waals surface area contributed by atoms with E-state index in [0.29, 0.717) is 15.6 Å². The number of sulfonamides is 1. The molecule has 0 unspecified atom stereocenters. The highest BCUT2D eigenvalue weighted by atomic mass is 35.5. The van der Waals surface area contributed by atoms with E-state index in [2.05, 4.69) is 5.32 Å². The van der Waals surface area contributed by atoms with Crippen LogP contribution >= 0.6 is 23.2 Å². The van der Waals surface area contributed by atoms with Gasteiger partial charge in [-0.2, -0.15) is 0 Å². The maximum atomic E-state index is 14.8. The fourth-order valence-electron chi connectivity index (χ4n) is 5.21. The molecule has 8 nitrogen and oxygen atoms in total. The third kappa shape index (κ3) is 9.09. The Morgan fingerprint density at radius 3 is 2.04 bits per heavy atom. The first kappa shape index (κ1) is 36.8. The molecule has 0 aliphatic carbocycles. The van der Waals surface area contributed by atoms with Gasteiger partial charge in [0.15, 0.2) is 0 Å². The van der Waals surface area contributed by atoms with Gasteiger partial charge in [-0.05, 0) is 82.1 Å². The predicted molar refractivity (Wildman–Crippen MR) is 192 cm³/mol. The van der Waals surface area contributed by atoms with Crippen molar-refractivity contribution in [3.8, 4) is 5.75 Å². The molecule has 1 atom stereocenters. The highest BCUT2D eigenvalue weighted by molar-refractivity contribution is 7.92. The van der Waals surface area contributed by atoms with Crippen molar-refractivity contribution in [1.82, 2.24) is 10.2 Å². The van der Waals surface area contributed by atoms with Crippen LogP contribution < -0.4 is 14.4 Å². The Labute approximate surface area is 293 Å². The lowest BCUT2D eigenvalue weighted by molar-refractivity contribution is -0.140. The first-order chi connectivity index (χ1) is 22.6. The van der Waals surface area contributed by atoms with Gasteiger partial charge in [-0.25, -0.2) is 8.42 Å². The minimum Gasteiger partial charge on any atom is -0.495 e. The number of nitrogens with zero attached hydrogens (tertiary/aromatic N) is 2. The van der Waals surface area contributed by atoms with Crippen LogP contribution in [0.4, 0.5) is 5.69 Å². The van der Waals surface area contributed by atoms with E-state index in [0.717, 1.165) is 21.0 Å². The van der Waals surface area contributed by atoms with Crippen molar-refractivity contribution in [2.45, 2.75) is 64.1 Å². The normalized spacial score (nSPS) is 12.2. The number of amides is 2. The van der Waals surface area contributed by atoms with E-state index in [-0.39, 0.29) is 29.3 Å². The van der Waals surface area contributed by atoms with Gasteiger partial charge in [0.05, 0.1) is 17.7 Å². The van der Waals surface area contributed by atoms with Crippen LogP contribution in [0.25, 0.3) is 0 Å². The van der Waals surface area contributed by atoms with Gasteiger partial charge in [0.1, 0.15) is 18.3 Å². The fraction of sp³-hybridized carbons (Fsp3) is 0.297. The number of ether oxygens (including phenoxy) is 1. The van der Waals surface area contributed by atoms with Crippen molar-refractivity contribution in [2.24, 2.45) is 0 Å². The van der Waals surface area contributed by atoms with Crippen LogP contribution in [0.3, 0.4) is 0 Å². The van der Waals surface area contributed by atoms with Crippen LogP contribution in [0.15, 0.2) is 95.9 Å². The Balaban J connectivity index is 1.90. The quantitative estimate of drug-likeness (QED) is 0.166. The van der Waals surface area contributed by atoms with Gasteiger partial charge < -0.3 is 15.0 Å². The average molecular weight is 711 g/mol. The molecule has 0 saturated carbocycles. The Kier molecular flexibility index (Phi) is 11.8. The first-order valence-electron chi connectivity index (χ1n) is 15.4. The van der Waals surface area contributed by atoms with Gasteiger partial charge in [-0.15, -0.1) is 0 Å². The van der Waals surface area contributed by atoms with Crippen LogP contribution in [0.5, 0.6) is 5.75 Å². The zero-order chi connectivity index (χ0) is 35.2. The number of aryl methyl sites for hydroxylation is 2. The van der Waals surface area contributed by atoms with Crippen molar-refractivity contribution in [1.29, 1.82) is 0 Å². The molecule has 0 heterocycles. The van der Waals surface area contributed by atoms with Crippen molar-refractivity contribution in [3.05, 3.63) is 123 Å². The Morgan fingerprint density at radius 2 is 1.46 bits per heavy atom. The number of nitrogens with one attached hydrogen (secondary N) is 1. The number of rotatable bonds is 12. The molecule has 11 heteroatoms. The Hall–Kier alpha value is -4.05. The molecule has 0 radical (unpaired) electrons. The molecule has 4 aromatic carbocycles. The molecular formula is C37H41Cl2N3O5S. The van der Waals surface area contributed by atoms with E-state index < -0.39 is 40.0 Å². The highest BCUT2D eigenvalue weighted by Gasteiger charge is 2.37. The van der Waals surface area contributed by atoms with E-state index in [9.17, 15) is 18.0 Å². The molecule has 2 amide bonds. The van der Waals surface area contributed by atoms with Gasteiger partial charge in [-0.1, -0.05) is 83.4 Å². The molecule has 0 aromatic heterocycles. The summed E-state index contributed by atoms with van der Waals surface area (Å²) in [6.45, 7) is 8.42. The number of carbonyl (C=O) groups is 2. The van der Waals surface area contributed by atoms with E-state index >= 15 is 0 Å². The second-order valence-corrected chi connectivity index (χ2v) is 15.3. The average Bonchev–Trinajstić information content (AvgIpc) is 3.02. The second-order valence-electron chi connectivity index (χ2n) is 12.7. The molecule has 0 spiro atoms. The molecule has 4 rings (SSSR count). The minimum atomic E-state index is -4.32. The number of benzene rings is 4. The van der Waals surface area contributed by atoms with Crippen molar-refractivity contribution >= 4 is 50.7 Å². The number of hydrogen-bond donors (Lipinski definition) is 1. The van der Waals surface area contributed by atoms with E-state index in [1.807, 2.05) is 65.0 Å². The molecule has 4 aromatic rings. The topological polar surface area (TPSA) is 96.0 Å². The monoisotopic (exact) mass is 709 g/mol. The summed E-state index contributed by atoms with van der Waals surface area (Å²) < 4.78 is 35.4. The largest absolute Gasteiger partial charge is 0.495 e. The smallest absolute Gasteiger partial charge is 0.264 e. The molecule has 254 valence electrons. The molecule has 0 aliphatic rings. The Bertz CT molecular complexity index is 1840. The third-order valence-electron chi connectivity index (χ3n) is 7.65. The van der Waals surface area contributed by atoms with E-state index in [1.54, 1.807) is 48.5 Å². The number of halogens is 2. The minimum absolute atomic E-state index is 0.00327. The number of methoxy groups -OCH3 is 1. The third-order valence-corrected chi connectivity index (χ3v) is 10.1. The zero-order valence-electron chi connectivity index (χ0n) is 28.0. The van der Waals surface area contributed by atoms with Gasteiger partial charge in [0.25, 0.3) is 10.0 Å². The van der Waals surface area contributed by atoms with Crippen molar-refractivity contribution in [2.75, 3.05) is 18.0 Å². The summed E-state index contributed by atoms with van der Waals surface area (Å²) in [5.41, 5.74) is 2.42. The van der Waals surface area contributed by atoms with Crippen LogP contribution in [-0.2, 0) is 32.6 Å². The number of hydrogen-bond acceptors (Lipinski definition) is 5. The molecule has 0 bridgehead atoms. The Morgan fingerprint density at radius 1 is 0.854 bits per heavy atom. The molecule has 0 aliphatic heterocycles. The summed E-state index contributed by atoms with van der Waals surface area (Å²) in [6.07, 6.45) is 0.148. The van der Waals surface area contributed by atoms with E-state index in [1.165, 1.54) is 24.1 Å². The van der Waals surface area contributed by atoms with Crippen LogP contribution in [-0.4, -0.2) is 50.4 Å². The maximum Gasteiger partial charge on any atom is 0.264 e. The van der Waals surface area contributed by atoms with Crippen LogP contribution in [0.1, 0.15) is 43.0 Å². The maximum absolute atomic E-state index is 14.8. The van der Waals surface area contributed by atoms with Crippen LogP contribution in [0, 0.1) is 13.8 Å². The molecule has 0 saturated heterocycles. The lowest BCUT2D eigenvalue weighted by Crippen LogP contribution is -2.56. The second kappa shape index (κ2) is 15.4. The lowest BCUT2D eigenvalue weighted by Gasteiger charge is -2.36. The number of carbonyl (C=O) groups excluding carboxylic acids is 2. The number of anilines is 1. The fourth-order valence-corrected chi connectivity index (χ4v) is 7.14. The van der Waals surface area contributed by atoms with Crippen molar-refractivity contribution < 1.29 is 22.7 Å². The zero-order valence-corrected chi connectivity index (χ0v) is 30.3. The molecule has 0 fully saturated rings. The van der Waals surface area contributed by atoms with Crippen molar-refractivity contribution in [3.63, 3.8) is 0 Å². The predicted octanol–water partition coefficient (Wildman–Crippen LogP) is 7.37. The summed E-state index contributed by atoms with van der Waals surface area (Å²) in [5, 5.41) is 3.62. The van der Waals surface area contributed by atoms with Gasteiger partial charge in [0, 0.05) is 34.1 Å². The molecular weight excluding hydrogens is 669 g/mol. The summed E-state index contributed by atoms with van der Waals surface area (Å²) in [4.78, 5) is 30.2. The van der Waals surface area contributed by atoms with Gasteiger partial charge in [0.2, 0.25) is 11.8 Å². The first-order valence-corrected chi connectivity index (χ1v) is 17.6. The lowest BCUT2D eigenvalue weighted by atomic mass is 10.0. The van der Waals surface area contributed by atoms with Crippen LogP contribution in [0.2, 0.25) is 10.0 Å². The summed E-state index contributed by atoms with van der Waals surface area (Å²) in [7, 11) is -2.88. The van der Waals surface area contributed by atoms with Gasteiger partial charge in [-0.3, -0.25) is 13.9 Å². The standard InChI is InChI=1S/C37H41Cl2N3O5S/c1-25-15-18-28(19-16-25)48(45,46)42(32-21-26(2)17-20-34(32)47-6)24-35(43)41(23-29-30(38)13-10-14-31(29)39)33(36(44)40-37(3,4)5)22-27-11-8-7-9-12-27/h7-21,33H,22-24H2,1-6H3,(H,40,44)/t33-/m0/s1. The molecule has 1 N–H and O–H groups in total. The molecule has 48 heavy (non-hydrogen) atoms. The summed E-state index contributed by atoms with van der Waals surface area (Å²) in [5.74, 6) is -0.796. The highest BCUT2D eigenvalue weighted by Crippen LogP contribution is 2.34.